The summed E-state index contributed by atoms with van der Waals surface area (Å²) >= 11 is 0. The van der Waals surface area contributed by atoms with Crippen LogP contribution >= 0.6 is 0 Å². The normalized spacial score (nSPS) is 11.7. The van der Waals surface area contributed by atoms with Crippen LogP contribution in [-0.2, 0) is 10.0 Å². The van der Waals surface area contributed by atoms with Crippen molar-refractivity contribution in [2.24, 2.45) is 0 Å². The Bertz CT molecular complexity index is 1330. The van der Waals surface area contributed by atoms with Crippen LogP contribution in [0.2, 0.25) is 0 Å². The fourth-order valence-corrected chi connectivity index (χ4v) is 4.44. The number of hydrogen-bond donors (Lipinski definition) is 0. The molecule has 0 aliphatic carbocycles. The number of nitrogens with zero attached hydrogens (tertiary/aromatic N) is 2. The lowest BCUT2D eigenvalue weighted by Gasteiger charge is -2.06. The van der Waals surface area contributed by atoms with Crippen LogP contribution in [0.3, 0.4) is 0 Å². The number of aryl methyl sites for hydroxylation is 1. The number of carbonyl (C=O) groups is 1. The predicted octanol–water partition coefficient (Wildman–Crippen LogP) is 2.63. The number of imidazole rings is 1. The van der Waals surface area contributed by atoms with E-state index in [0.717, 1.165) is 10.1 Å². The molecule has 7 nitrogen and oxygen atoms in total. The average Bonchev–Trinajstić information content (AvgIpc) is 3.27. The van der Waals surface area contributed by atoms with Crippen molar-refractivity contribution in [1.82, 2.24) is 8.54 Å². The molecule has 0 aliphatic rings. The standard InChI is InChI=1S/C19H14N2O5S/c1-13-6-4-7-14(12-13)27(24,25)21-16-9-3-2-8-15(16)20(19(21)23)18(22)17-10-5-11-26-17/h2-12H,1H3. The van der Waals surface area contributed by atoms with Gasteiger partial charge in [0.05, 0.1) is 22.2 Å². The molecule has 0 atom stereocenters. The van der Waals surface area contributed by atoms with Gasteiger partial charge in [-0.15, -0.1) is 0 Å². The summed E-state index contributed by atoms with van der Waals surface area (Å²) in [6.07, 6.45) is 1.31. The van der Waals surface area contributed by atoms with Crippen LogP contribution in [0.4, 0.5) is 0 Å². The zero-order chi connectivity index (χ0) is 19.2. The Morgan fingerprint density at radius 1 is 0.963 bits per heavy atom. The fraction of sp³-hybridized carbons (Fsp3) is 0.0526. The molecule has 0 saturated carbocycles. The highest BCUT2D eigenvalue weighted by Gasteiger charge is 2.28. The Balaban J connectivity index is 2.05. The van der Waals surface area contributed by atoms with E-state index in [1.165, 1.54) is 42.7 Å². The van der Waals surface area contributed by atoms with Crippen molar-refractivity contribution in [3.05, 3.63) is 88.7 Å². The van der Waals surface area contributed by atoms with Crippen molar-refractivity contribution in [2.75, 3.05) is 0 Å². The van der Waals surface area contributed by atoms with Gasteiger partial charge in [-0.3, -0.25) is 4.79 Å². The van der Waals surface area contributed by atoms with Crippen LogP contribution in [0.1, 0.15) is 16.1 Å². The summed E-state index contributed by atoms with van der Waals surface area (Å²) in [6.45, 7) is 1.76. The largest absolute Gasteiger partial charge is 0.459 e. The van der Waals surface area contributed by atoms with E-state index in [2.05, 4.69) is 0 Å². The Kier molecular flexibility index (Phi) is 3.85. The van der Waals surface area contributed by atoms with Gasteiger partial charge in [0.25, 0.3) is 10.0 Å². The van der Waals surface area contributed by atoms with Crippen LogP contribution in [0, 0.1) is 6.92 Å². The molecule has 0 aliphatic heterocycles. The molecule has 0 saturated heterocycles. The highest BCUT2D eigenvalue weighted by Crippen LogP contribution is 2.21. The lowest BCUT2D eigenvalue weighted by Crippen LogP contribution is -2.32. The lowest BCUT2D eigenvalue weighted by atomic mass is 10.2. The molecule has 0 bridgehead atoms. The molecule has 2 aromatic heterocycles. The molecular weight excluding hydrogens is 368 g/mol. The number of carbonyl (C=O) groups excluding carboxylic acids is 1. The molecule has 0 N–H and O–H groups in total. The Hall–Kier alpha value is -3.39. The highest BCUT2D eigenvalue weighted by atomic mass is 32.2. The number of hydrogen-bond acceptors (Lipinski definition) is 5. The Labute approximate surface area is 154 Å². The maximum absolute atomic E-state index is 13.2. The number of fused-ring (bicyclic) bond motifs is 1. The Morgan fingerprint density at radius 2 is 1.70 bits per heavy atom. The first-order valence-corrected chi connectivity index (χ1v) is 9.48. The number of furan rings is 1. The van der Waals surface area contributed by atoms with Crippen LogP contribution in [0.25, 0.3) is 11.0 Å². The van der Waals surface area contributed by atoms with E-state index in [-0.39, 0.29) is 21.7 Å². The van der Waals surface area contributed by atoms with E-state index >= 15 is 0 Å². The quantitative estimate of drug-likeness (QED) is 0.543. The average molecular weight is 382 g/mol. The molecule has 2 aromatic carbocycles. The van der Waals surface area contributed by atoms with Gasteiger partial charge in [0.1, 0.15) is 0 Å². The van der Waals surface area contributed by atoms with Crippen LogP contribution in [0.15, 0.2) is 81.0 Å². The van der Waals surface area contributed by atoms with Gasteiger partial charge < -0.3 is 4.42 Å². The summed E-state index contributed by atoms with van der Waals surface area (Å²) in [7, 11) is -4.20. The van der Waals surface area contributed by atoms with E-state index in [1.54, 1.807) is 31.2 Å². The molecule has 4 aromatic rings. The third-order valence-electron chi connectivity index (χ3n) is 4.17. The topological polar surface area (TPSA) is 91.3 Å². The molecule has 0 radical (unpaired) electrons. The van der Waals surface area contributed by atoms with Crippen molar-refractivity contribution >= 4 is 27.0 Å². The number of para-hydroxylation sites is 2. The van der Waals surface area contributed by atoms with Gasteiger partial charge in [-0.2, -0.15) is 3.97 Å². The smallest absolute Gasteiger partial charge is 0.350 e. The van der Waals surface area contributed by atoms with Crippen LogP contribution < -0.4 is 5.69 Å². The first-order valence-electron chi connectivity index (χ1n) is 8.04. The van der Waals surface area contributed by atoms with Gasteiger partial charge >= 0.3 is 11.6 Å². The van der Waals surface area contributed by atoms with Crippen LogP contribution in [-0.4, -0.2) is 22.9 Å². The number of aromatic nitrogens is 2. The Morgan fingerprint density at radius 3 is 2.37 bits per heavy atom. The minimum atomic E-state index is -4.20. The van der Waals surface area contributed by atoms with Gasteiger partial charge in [-0.05, 0) is 48.9 Å². The van der Waals surface area contributed by atoms with Crippen LogP contribution in [0.5, 0.6) is 0 Å². The van der Waals surface area contributed by atoms with Gasteiger partial charge in [-0.25, -0.2) is 17.8 Å². The third kappa shape index (κ3) is 2.61. The molecular formula is C19H14N2O5S. The zero-order valence-corrected chi connectivity index (χ0v) is 15.0. The van der Waals surface area contributed by atoms with Gasteiger partial charge in [-0.1, -0.05) is 24.3 Å². The molecule has 4 rings (SSSR count). The summed E-state index contributed by atoms with van der Waals surface area (Å²) in [6, 6.07) is 15.4. The minimum absolute atomic E-state index is 0.0297. The van der Waals surface area contributed by atoms with Gasteiger partial charge in [0, 0.05) is 0 Å². The minimum Gasteiger partial charge on any atom is -0.459 e. The predicted molar refractivity (Wildman–Crippen MR) is 98.4 cm³/mol. The van der Waals surface area contributed by atoms with E-state index in [4.69, 9.17) is 4.42 Å². The van der Waals surface area contributed by atoms with Gasteiger partial charge in [0.2, 0.25) is 0 Å². The molecule has 2 heterocycles. The maximum Gasteiger partial charge on any atom is 0.350 e. The molecule has 0 spiro atoms. The SMILES string of the molecule is Cc1cccc(S(=O)(=O)n2c(=O)n(C(=O)c3ccco3)c3ccccc32)c1. The molecule has 136 valence electrons. The maximum atomic E-state index is 13.2. The molecule has 27 heavy (non-hydrogen) atoms. The summed E-state index contributed by atoms with van der Waals surface area (Å²) < 4.78 is 32.9. The number of benzene rings is 2. The molecule has 0 amide bonds. The van der Waals surface area contributed by atoms with E-state index in [9.17, 15) is 18.0 Å². The number of rotatable bonds is 3. The first-order chi connectivity index (χ1) is 12.9. The molecule has 8 heteroatoms. The highest BCUT2D eigenvalue weighted by molar-refractivity contribution is 7.90. The lowest BCUT2D eigenvalue weighted by molar-refractivity contribution is 0.0933. The molecule has 0 fully saturated rings. The first kappa shape index (κ1) is 17.0. The summed E-state index contributed by atoms with van der Waals surface area (Å²) in [5, 5.41) is 0. The molecule has 0 unspecified atom stereocenters. The summed E-state index contributed by atoms with van der Waals surface area (Å²) in [5.74, 6) is -0.799. The van der Waals surface area contributed by atoms with Crippen molar-refractivity contribution in [3.8, 4) is 0 Å². The second-order valence-electron chi connectivity index (χ2n) is 5.98. The fourth-order valence-electron chi connectivity index (χ4n) is 2.94. The summed E-state index contributed by atoms with van der Waals surface area (Å²) in [4.78, 5) is 25.7. The van der Waals surface area contributed by atoms with Crippen molar-refractivity contribution in [3.63, 3.8) is 0 Å². The monoisotopic (exact) mass is 382 g/mol. The van der Waals surface area contributed by atoms with Crippen molar-refractivity contribution in [1.29, 1.82) is 0 Å². The summed E-state index contributed by atoms with van der Waals surface area (Å²) in [5.41, 5.74) is 0.0580. The van der Waals surface area contributed by atoms with Crippen molar-refractivity contribution in [2.45, 2.75) is 11.8 Å². The second kappa shape index (κ2) is 6.10. The van der Waals surface area contributed by atoms with E-state index in [0.29, 0.717) is 3.97 Å². The van der Waals surface area contributed by atoms with Crippen molar-refractivity contribution < 1.29 is 17.6 Å². The second-order valence-corrected chi connectivity index (χ2v) is 7.76. The van der Waals surface area contributed by atoms with E-state index in [1.807, 2.05) is 0 Å². The van der Waals surface area contributed by atoms with Gasteiger partial charge in [0.15, 0.2) is 5.76 Å². The zero-order valence-electron chi connectivity index (χ0n) is 14.2. The van der Waals surface area contributed by atoms with E-state index < -0.39 is 21.6 Å². The third-order valence-corrected chi connectivity index (χ3v) is 5.85.